The summed E-state index contributed by atoms with van der Waals surface area (Å²) in [6.07, 6.45) is 6.36. The summed E-state index contributed by atoms with van der Waals surface area (Å²) in [7, 11) is 0. The van der Waals surface area contributed by atoms with Gasteiger partial charge in [-0.05, 0) is 49.8 Å². The molecule has 1 atom stereocenters. The minimum atomic E-state index is -0.307. The molecule has 170 valence electrons. The van der Waals surface area contributed by atoms with E-state index in [0.717, 1.165) is 61.8 Å². The van der Waals surface area contributed by atoms with Crippen LogP contribution in [0.2, 0.25) is 0 Å². The van der Waals surface area contributed by atoms with Gasteiger partial charge in [-0.1, -0.05) is 24.8 Å². The van der Waals surface area contributed by atoms with E-state index in [1.165, 1.54) is 25.0 Å². The molecule has 0 saturated carbocycles. The summed E-state index contributed by atoms with van der Waals surface area (Å²) >= 11 is 1.59. The molecule has 2 aliphatic heterocycles. The van der Waals surface area contributed by atoms with Gasteiger partial charge in [-0.15, -0.1) is 10.2 Å². The summed E-state index contributed by atoms with van der Waals surface area (Å²) in [6, 6.07) is 6.27. The largest absolute Gasteiger partial charge is 0.444 e. The van der Waals surface area contributed by atoms with Gasteiger partial charge in [0.05, 0.1) is 18.3 Å². The van der Waals surface area contributed by atoms with Gasteiger partial charge in [0, 0.05) is 31.0 Å². The molecule has 0 N–H and O–H groups in total. The van der Waals surface area contributed by atoms with E-state index in [2.05, 4.69) is 31.6 Å². The lowest BCUT2D eigenvalue weighted by Gasteiger charge is -2.31. The average molecular weight is 458 g/mol. The average Bonchev–Trinajstić information content (AvgIpc) is 3.55. The molecule has 7 nitrogen and oxygen atoms in total. The van der Waals surface area contributed by atoms with Gasteiger partial charge >= 0.3 is 0 Å². The fourth-order valence-corrected chi connectivity index (χ4v) is 5.07. The molecule has 2 aromatic heterocycles. The highest BCUT2D eigenvalue weighted by molar-refractivity contribution is 7.98. The van der Waals surface area contributed by atoms with Crippen LogP contribution < -0.4 is 4.90 Å². The monoisotopic (exact) mass is 457 g/mol. The second-order valence-electron chi connectivity index (χ2n) is 8.64. The Morgan fingerprint density at radius 3 is 2.84 bits per heavy atom. The number of halogens is 1. The van der Waals surface area contributed by atoms with Gasteiger partial charge in [0.25, 0.3) is 0 Å². The molecule has 2 fully saturated rings. The first kappa shape index (κ1) is 21.5. The lowest BCUT2D eigenvalue weighted by atomic mass is 10.00. The predicted molar refractivity (Wildman–Crippen MR) is 121 cm³/mol. The quantitative estimate of drug-likeness (QED) is 0.473. The summed E-state index contributed by atoms with van der Waals surface area (Å²) in [4.78, 5) is 6.88. The molecule has 1 unspecified atom stereocenters. The third-order valence-corrected chi connectivity index (χ3v) is 7.15. The smallest absolute Gasteiger partial charge is 0.228 e. The summed E-state index contributed by atoms with van der Waals surface area (Å²) in [6.45, 7) is 5.93. The van der Waals surface area contributed by atoms with E-state index in [4.69, 9.17) is 9.15 Å². The summed E-state index contributed by atoms with van der Waals surface area (Å²) in [5.74, 6) is 2.41. The molecule has 32 heavy (non-hydrogen) atoms. The SMILES string of the molecule is CC1CCN(c2nnc(SCc3coc(-c4cccc(F)c4)n3)n2CC2CCCO2)CC1. The molecule has 0 spiro atoms. The zero-order valence-electron chi connectivity index (χ0n) is 18.2. The first-order valence-corrected chi connectivity index (χ1v) is 12.3. The van der Waals surface area contributed by atoms with Crippen LogP contribution in [-0.2, 0) is 17.0 Å². The molecule has 3 aromatic rings. The number of aromatic nitrogens is 4. The molecule has 2 aliphatic rings. The third-order valence-electron chi connectivity index (χ3n) is 6.15. The third kappa shape index (κ3) is 4.83. The molecule has 4 heterocycles. The van der Waals surface area contributed by atoms with Crippen LogP contribution in [0.3, 0.4) is 0 Å². The highest BCUT2D eigenvalue weighted by atomic mass is 32.2. The molecule has 0 radical (unpaired) electrons. The van der Waals surface area contributed by atoms with Crippen molar-refractivity contribution in [3.63, 3.8) is 0 Å². The molecule has 9 heteroatoms. The van der Waals surface area contributed by atoms with Crippen molar-refractivity contribution in [1.82, 2.24) is 19.7 Å². The number of oxazole rings is 1. The summed E-state index contributed by atoms with van der Waals surface area (Å²) in [5, 5.41) is 9.94. The van der Waals surface area contributed by atoms with Gasteiger partial charge in [0.2, 0.25) is 11.8 Å². The number of benzene rings is 1. The Kier molecular flexibility index (Phi) is 6.45. The first-order chi connectivity index (χ1) is 15.7. The summed E-state index contributed by atoms with van der Waals surface area (Å²) < 4.78 is 27.2. The van der Waals surface area contributed by atoms with E-state index in [0.29, 0.717) is 17.2 Å². The van der Waals surface area contributed by atoms with Crippen molar-refractivity contribution in [2.45, 2.75) is 56.2 Å². The van der Waals surface area contributed by atoms with Crippen LogP contribution in [0.1, 0.15) is 38.3 Å². The minimum Gasteiger partial charge on any atom is -0.444 e. The molecular formula is C23H28FN5O2S. The maximum absolute atomic E-state index is 13.5. The predicted octanol–water partition coefficient (Wildman–Crippen LogP) is 4.78. The van der Waals surface area contributed by atoms with E-state index in [9.17, 15) is 4.39 Å². The number of piperidine rings is 1. The number of rotatable bonds is 7. The first-order valence-electron chi connectivity index (χ1n) is 11.3. The van der Waals surface area contributed by atoms with Gasteiger partial charge in [0.15, 0.2) is 5.16 Å². The Labute approximate surface area is 191 Å². The highest BCUT2D eigenvalue weighted by Crippen LogP contribution is 2.30. The van der Waals surface area contributed by atoms with Crippen molar-refractivity contribution < 1.29 is 13.5 Å². The second-order valence-corrected chi connectivity index (χ2v) is 9.58. The Morgan fingerprint density at radius 2 is 2.06 bits per heavy atom. The molecule has 5 rings (SSSR count). The second kappa shape index (κ2) is 9.62. The van der Waals surface area contributed by atoms with Crippen molar-refractivity contribution in [2.75, 3.05) is 24.6 Å². The number of ether oxygens (including phenoxy) is 1. The Bertz CT molecular complexity index is 1040. The van der Waals surface area contributed by atoms with Crippen LogP contribution in [0, 0.1) is 11.7 Å². The molecule has 0 aliphatic carbocycles. The van der Waals surface area contributed by atoms with Gasteiger partial charge in [-0.3, -0.25) is 4.57 Å². The van der Waals surface area contributed by atoms with E-state index >= 15 is 0 Å². The van der Waals surface area contributed by atoms with Gasteiger partial charge in [0.1, 0.15) is 12.1 Å². The topological polar surface area (TPSA) is 69.2 Å². The number of hydrogen-bond acceptors (Lipinski definition) is 7. The maximum Gasteiger partial charge on any atom is 0.228 e. The number of nitrogens with zero attached hydrogens (tertiary/aromatic N) is 5. The lowest BCUT2D eigenvalue weighted by molar-refractivity contribution is 0.0951. The maximum atomic E-state index is 13.5. The summed E-state index contributed by atoms with van der Waals surface area (Å²) in [5.41, 5.74) is 1.42. The van der Waals surface area contributed by atoms with E-state index in [1.54, 1.807) is 30.2 Å². The minimum absolute atomic E-state index is 0.208. The van der Waals surface area contributed by atoms with Gasteiger partial charge in [-0.2, -0.15) is 0 Å². The van der Waals surface area contributed by atoms with Gasteiger partial charge < -0.3 is 14.1 Å². The lowest BCUT2D eigenvalue weighted by Crippen LogP contribution is -2.35. The van der Waals surface area contributed by atoms with Crippen LogP contribution in [0.15, 0.2) is 40.1 Å². The zero-order chi connectivity index (χ0) is 21.9. The van der Waals surface area contributed by atoms with Crippen LogP contribution in [-0.4, -0.2) is 45.5 Å². The fourth-order valence-electron chi connectivity index (χ4n) is 4.25. The molecule has 0 bridgehead atoms. The Morgan fingerprint density at radius 1 is 1.19 bits per heavy atom. The Balaban J connectivity index is 1.31. The Hall–Kier alpha value is -2.39. The van der Waals surface area contributed by atoms with Crippen molar-refractivity contribution in [3.8, 4) is 11.5 Å². The van der Waals surface area contributed by atoms with E-state index in [-0.39, 0.29) is 11.9 Å². The van der Waals surface area contributed by atoms with Crippen molar-refractivity contribution in [1.29, 1.82) is 0 Å². The van der Waals surface area contributed by atoms with Crippen LogP contribution >= 0.6 is 11.8 Å². The fraction of sp³-hybridized carbons (Fsp3) is 0.522. The normalized spacial score (nSPS) is 19.7. The number of hydrogen-bond donors (Lipinski definition) is 0. The number of thioether (sulfide) groups is 1. The van der Waals surface area contributed by atoms with E-state index in [1.807, 2.05) is 0 Å². The standard InChI is InChI=1S/C23H28FN5O2S/c1-16-7-9-28(10-8-16)22-26-27-23(29(22)13-20-6-3-11-30-20)32-15-19-14-31-21(25-19)17-4-2-5-18(24)12-17/h2,4-5,12,14,16,20H,3,6-11,13,15H2,1H3. The molecule has 2 saturated heterocycles. The van der Waals surface area contributed by atoms with Crippen molar-refractivity contribution >= 4 is 17.7 Å². The number of anilines is 1. The zero-order valence-corrected chi connectivity index (χ0v) is 19.1. The van der Waals surface area contributed by atoms with E-state index < -0.39 is 0 Å². The van der Waals surface area contributed by atoms with Gasteiger partial charge in [-0.25, -0.2) is 9.37 Å². The van der Waals surface area contributed by atoms with Crippen LogP contribution in [0.5, 0.6) is 0 Å². The molecule has 1 aromatic carbocycles. The van der Waals surface area contributed by atoms with Crippen molar-refractivity contribution in [3.05, 3.63) is 42.0 Å². The van der Waals surface area contributed by atoms with Crippen LogP contribution in [0.25, 0.3) is 11.5 Å². The molecular weight excluding hydrogens is 429 g/mol. The van der Waals surface area contributed by atoms with Crippen LogP contribution in [0.4, 0.5) is 10.3 Å². The highest BCUT2D eigenvalue weighted by Gasteiger charge is 2.26. The molecule has 0 amide bonds. The van der Waals surface area contributed by atoms with Crippen molar-refractivity contribution in [2.24, 2.45) is 5.92 Å².